The average Bonchev–Trinajstić information content (AvgIpc) is 2.60. The van der Waals surface area contributed by atoms with E-state index < -0.39 is 11.9 Å². The molecule has 0 saturated carbocycles. The van der Waals surface area contributed by atoms with Crippen LogP contribution in [0.2, 0.25) is 0 Å². The largest absolute Gasteiger partial charge is 0.432 e. The second-order valence-corrected chi connectivity index (χ2v) is 4.50. The molecule has 2 aromatic rings. The number of aromatic nitrogens is 2. The van der Waals surface area contributed by atoms with Gasteiger partial charge in [-0.2, -0.15) is 13.2 Å². The second-order valence-electron chi connectivity index (χ2n) is 4.08. The first kappa shape index (κ1) is 12.9. The first-order valence-corrected chi connectivity index (χ1v) is 5.70. The van der Waals surface area contributed by atoms with Crippen molar-refractivity contribution in [2.24, 2.45) is 0 Å². The molecule has 1 aromatic carbocycles. The minimum atomic E-state index is -4.40. The number of hydrogen-bond acceptors (Lipinski definition) is 1. The lowest BCUT2D eigenvalue weighted by atomic mass is 10.1. The first-order valence-electron chi connectivity index (χ1n) is 5.29. The fourth-order valence-corrected chi connectivity index (χ4v) is 1.92. The molecule has 0 atom stereocenters. The third-order valence-corrected chi connectivity index (χ3v) is 2.86. The number of benzene rings is 1. The number of hydrogen-bond donors (Lipinski definition) is 1. The van der Waals surface area contributed by atoms with E-state index in [2.05, 4.69) is 5.10 Å². The number of aromatic amines is 1. The van der Waals surface area contributed by atoms with E-state index in [4.69, 9.17) is 12.2 Å². The van der Waals surface area contributed by atoms with Crippen LogP contribution in [0.4, 0.5) is 13.2 Å². The molecule has 0 spiro atoms. The van der Waals surface area contributed by atoms with E-state index in [0.29, 0.717) is 6.54 Å². The van der Waals surface area contributed by atoms with Crippen LogP contribution in [0, 0.1) is 11.6 Å². The van der Waals surface area contributed by atoms with Crippen molar-refractivity contribution in [3.63, 3.8) is 0 Å². The minimum Gasteiger partial charge on any atom is -0.293 e. The standard InChI is InChI=1S/C12H11F3N2S/c1-8-3-2-4-9(5-8)7-17-11(18)6-10(16-17)12(13,14)15/h2-6,16H,7H2,1H3. The zero-order chi connectivity index (χ0) is 13.3. The monoisotopic (exact) mass is 272 g/mol. The van der Waals surface area contributed by atoms with Crippen LogP contribution in [0.15, 0.2) is 30.3 Å². The number of alkyl halides is 3. The molecule has 2 nitrogen and oxygen atoms in total. The van der Waals surface area contributed by atoms with Gasteiger partial charge in [0.15, 0.2) is 0 Å². The lowest BCUT2D eigenvalue weighted by molar-refractivity contribution is -0.141. The lowest BCUT2D eigenvalue weighted by Gasteiger charge is -2.06. The smallest absolute Gasteiger partial charge is 0.293 e. The van der Waals surface area contributed by atoms with Gasteiger partial charge in [0.05, 0.1) is 6.54 Å². The summed E-state index contributed by atoms with van der Waals surface area (Å²) in [5, 5.41) is 2.28. The van der Waals surface area contributed by atoms with E-state index in [1.165, 1.54) is 4.68 Å². The van der Waals surface area contributed by atoms with Crippen LogP contribution in [0.3, 0.4) is 0 Å². The predicted octanol–water partition coefficient (Wildman–Crippen LogP) is 3.92. The zero-order valence-corrected chi connectivity index (χ0v) is 10.4. The number of rotatable bonds is 2. The number of H-pyrrole nitrogens is 1. The van der Waals surface area contributed by atoms with Crippen molar-refractivity contribution in [3.8, 4) is 0 Å². The highest BCUT2D eigenvalue weighted by molar-refractivity contribution is 7.71. The van der Waals surface area contributed by atoms with Crippen molar-refractivity contribution in [2.45, 2.75) is 19.6 Å². The van der Waals surface area contributed by atoms with E-state index in [9.17, 15) is 13.2 Å². The summed E-state index contributed by atoms with van der Waals surface area (Å²) in [5.41, 5.74) is 1.14. The molecule has 1 heterocycles. The van der Waals surface area contributed by atoms with Gasteiger partial charge in [0.25, 0.3) is 0 Å². The average molecular weight is 272 g/mol. The molecule has 1 aromatic heterocycles. The van der Waals surface area contributed by atoms with Crippen LogP contribution in [-0.4, -0.2) is 9.78 Å². The molecule has 18 heavy (non-hydrogen) atoms. The molecule has 96 valence electrons. The van der Waals surface area contributed by atoms with Crippen molar-refractivity contribution < 1.29 is 13.2 Å². The maximum atomic E-state index is 12.5. The highest BCUT2D eigenvalue weighted by atomic mass is 32.1. The van der Waals surface area contributed by atoms with E-state index in [0.717, 1.165) is 17.2 Å². The van der Waals surface area contributed by atoms with E-state index in [1.807, 2.05) is 31.2 Å². The molecule has 0 bridgehead atoms. The van der Waals surface area contributed by atoms with Crippen LogP contribution < -0.4 is 0 Å². The predicted molar refractivity (Wildman–Crippen MR) is 64.9 cm³/mol. The van der Waals surface area contributed by atoms with Gasteiger partial charge in [0.1, 0.15) is 10.3 Å². The van der Waals surface area contributed by atoms with Crippen LogP contribution in [-0.2, 0) is 12.7 Å². The molecule has 2 rings (SSSR count). The molecule has 0 fully saturated rings. The third kappa shape index (κ3) is 2.81. The number of aryl methyl sites for hydroxylation is 1. The molecular weight excluding hydrogens is 261 g/mol. The maximum Gasteiger partial charge on any atom is 0.432 e. The molecule has 1 N–H and O–H groups in total. The highest BCUT2D eigenvalue weighted by Gasteiger charge is 2.32. The van der Waals surface area contributed by atoms with Crippen LogP contribution in [0.1, 0.15) is 16.8 Å². The van der Waals surface area contributed by atoms with E-state index >= 15 is 0 Å². The van der Waals surface area contributed by atoms with Crippen molar-refractivity contribution in [1.29, 1.82) is 0 Å². The van der Waals surface area contributed by atoms with Crippen molar-refractivity contribution in [1.82, 2.24) is 9.78 Å². The molecule has 0 unspecified atom stereocenters. The fourth-order valence-electron chi connectivity index (χ4n) is 1.69. The Morgan fingerprint density at radius 2 is 2.00 bits per heavy atom. The highest BCUT2D eigenvalue weighted by Crippen LogP contribution is 2.27. The molecule has 0 aliphatic rings. The molecular formula is C12H11F3N2S. The summed E-state index contributed by atoms with van der Waals surface area (Å²) in [6, 6.07) is 8.49. The van der Waals surface area contributed by atoms with Crippen LogP contribution in [0.25, 0.3) is 0 Å². The Labute approximate surface area is 107 Å². The zero-order valence-electron chi connectivity index (χ0n) is 9.58. The van der Waals surface area contributed by atoms with Gasteiger partial charge in [-0.15, -0.1) is 0 Å². The van der Waals surface area contributed by atoms with Crippen molar-refractivity contribution in [3.05, 3.63) is 51.8 Å². The van der Waals surface area contributed by atoms with Gasteiger partial charge in [-0.3, -0.25) is 9.78 Å². The van der Waals surface area contributed by atoms with Crippen molar-refractivity contribution >= 4 is 12.2 Å². The first-order chi connectivity index (χ1) is 8.36. The maximum absolute atomic E-state index is 12.5. The lowest BCUT2D eigenvalue weighted by Crippen LogP contribution is -2.08. The fraction of sp³-hybridized carbons (Fsp3) is 0.250. The van der Waals surface area contributed by atoms with Gasteiger partial charge in [0, 0.05) is 6.07 Å². The SMILES string of the molecule is Cc1cccc(Cn2[nH]c(C(F)(F)F)cc2=S)c1. The Balaban J connectivity index is 2.30. The van der Waals surface area contributed by atoms with Gasteiger partial charge in [-0.05, 0) is 12.5 Å². The second kappa shape index (κ2) is 4.61. The van der Waals surface area contributed by atoms with Gasteiger partial charge in [0.2, 0.25) is 0 Å². The van der Waals surface area contributed by atoms with E-state index in [-0.39, 0.29) is 4.64 Å². The van der Waals surface area contributed by atoms with Gasteiger partial charge in [-0.25, -0.2) is 0 Å². The number of halogens is 3. The molecule has 0 aliphatic carbocycles. The molecule has 0 radical (unpaired) electrons. The molecule has 0 amide bonds. The van der Waals surface area contributed by atoms with Gasteiger partial charge >= 0.3 is 6.18 Å². The Bertz CT molecular complexity index is 610. The Kier molecular flexibility index (Phi) is 3.30. The summed E-state index contributed by atoms with van der Waals surface area (Å²) in [4.78, 5) is 0. The van der Waals surface area contributed by atoms with Crippen LogP contribution >= 0.6 is 12.2 Å². The Hall–Kier alpha value is -1.56. The third-order valence-electron chi connectivity index (χ3n) is 2.52. The molecule has 0 aliphatic heterocycles. The normalized spacial score (nSPS) is 11.8. The Morgan fingerprint density at radius 3 is 2.56 bits per heavy atom. The summed E-state index contributed by atoms with van der Waals surface area (Å²) >= 11 is 4.91. The minimum absolute atomic E-state index is 0.142. The Morgan fingerprint density at radius 1 is 1.28 bits per heavy atom. The van der Waals surface area contributed by atoms with Crippen molar-refractivity contribution in [2.75, 3.05) is 0 Å². The molecule has 6 heteroatoms. The quantitative estimate of drug-likeness (QED) is 0.822. The number of nitrogens with one attached hydrogen (secondary N) is 1. The summed E-state index contributed by atoms with van der Waals surface area (Å²) < 4.78 is 38.9. The summed E-state index contributed by atoms with van der Waals surface area (Å²) in [7, 11) is 0. The van der Waals surface area contributed by atoms with E-state index in [1.54, 1.807) is 0 Å². The summed E-state index contributed by atoms with van der Waals surface area (Å²) in [5.74, 6) is 0. The van der Waals surface area contributed by atoms with Gasteiger partial charge in [-0.1, -0.05) is 42.0 Å². The van der Waals surface area contributed by atoms with Crippen LogP contribution in [0.5, 0.6) is 0 Å². The number of nitrogens with zero attached hydrogens (tertiary/aromatic N) is 1. The molecule has 0 saturated heterocycles. The summed E-state index contributed by atoms with van der Waals surface area (Å²) in [6.45, 7) is 2.23. The van der Waals surface area contributed by atoms with Gasteiger partial charge < -0.3 is 0 Å². The topological polar surface area (TPSA) is 20.7 Å². The summed E-state index contributed by atoms with van der Waals surface area (Å²) in [6.07, 6.45) is -4.40.